The summed E-state index contributed by atoms with van der Waals surface area (Å²) in [5, 5.41) is 0. The Bertz CT molecular complexity index is 354. The van der Waals surface area contributed by atoms with Gasteiger partial charge in [-0.3, -0.25) is 0 Å². The van der Waals surface area contributed by atoms with Gasteiger partial charge in [-0.1, -0.05) is 24.3 Å². The molecule has 0 bridgehead atoms. The molecule has 0 spiro atoms. The fourth-order valence-corrected chi connectivity index (χ4v) is 2.18. The zero-order valence-electron chi connectivity index (χ0n) is 12.0. The molecular formula is C16H25ClO. The summed E-state index contributed by atoms with van der Waals surface area (Å²) in [6, 6.07) is 8.53. The lowest BCUT2D eigenvalue weighted by Gasteiger charge is -2.22. The van der Waals surface area contributed by atoms with E-state index in [1.54, 1.807) is 0 Å². The first-order chi connectivity index (χ1) is 8.42. The average Bonchev–Trinajstić information content (AvgIpc) is 2.29. The molecule has 0 aliphatic heterocycles. The van der Waals surface area contributed by atoms with E-state index in [-0.39, 0.29) is 5.60 Å². The number of aryl methyl sites for hydroxylation is 1. The maximum absolute atomic E-state index is 6.06. The van der Waals surface area contributed by atoms with E-state index in [0.29, 0.717) is 11.8 Å². The van der Waals surface area contributed by atoms with Crippen molar-refractivity contribution in [3.63, 3.8) is 0 Å². The Balaban J connectivity index is 2.45. The number of halogens is 1. The third-order valence-corrected chi connectivity index (χ3v) is 3.49. The molecule has 102 valence electrons. The van der Waals surface area contributed by atoms with Crippen LogP contribution in [0.2, 0.25) is 0 Å². The van der Waals surface area contributed by atoms with Gasteiger partial charge in [0, 0.05) is 12.5 Å². The quantitative estimate of drug-likeness (QED) is 0.685. The van der Waals surface area contributed by atoms with E-state index in [2.05, 4.69) is 52.0 Å². The second-order valence-electron chi connectivity index (χ2n) is 5.90. The molecule has 1 rings (SSSR count). The molecule has 1 unspecified atom stereocenters. The van der Waals surface area contributed by atoms with Crippen LogP contribution in [0.3, 0.4) is 0 Å². The predicted octanol–water partition coefficient (Wildman–Crippen LogP) is 4.60. The third-order valence-electron chi connectivity index (χ3n) is 3.05. The number of benzene rings is 1. The molecule has 1 aromatic rings. The van der Waals surface area contributed by atoms with Crippen molar-refractivity contribution in [3.8, 4) is 0 Å². The van der Waals surface area contributed by atoms with Gasteiger partial charge < -0.3 is 4.74 Å². The molecule has 2 heteroatoms. The van der Waals surface area contributed by atoms with Crippen LogP contribution in [0.1, 0.15) is 38.3 Å². The molecule has 0 saturated heterocycles. The lowest BCUT2D eigenvalue weighted by Crippen LogP contribution is -2.21. The Morgan fingerprint density at radius 1 is 1.22 bits per heavy atom. The first-order valence-corrected chi connectivity index (χ1v) is 7.20. The van der Waals surface area contributed by atoms with E-state index in [9.17, 15) is 0 Å². The summed E-state index contributed by atoms with van der Waals surface area (Å²) in [6.45, 7) is 9.21. The molecule has 1 nitrogen and oxygen atoms in total. The Labute approximate surface area is 116 Å². The summed E-state index contributed by atoms with van der Waals surface area (Å²) < 4.78 is 5.77. The molecule has 0 saturated carbocycles. The van der Waals surface area contributed by atoms with Crippen LogP contribution >= 0.6 is 11.6 Å². The summed E-state index contributed by atoms with van der Waals surface area (Å²) in [6.07, 6.45) is 2.07. The summed E-state index contributed by atoms with van der Waals surface area (Å²) in [7, 11) is 0. The fraction of sp³-hybridized carbons (Fsp3) is 0.625. The standard InChI is InChI=1S/C16H25ClO/c1-13-7-5-6-8-15(13)11-14(12-17)9-10-18-16(2,3)4/h5-8,14H,9-12H2,1-4H3. The number of ether oxygens (including phenoxy) is 1. The molecule has 0 aromatic heterocycles. The van der Waals surface area contributed by atoms with Crippen LogP contribution in [0, 0.1) is 12.8 Å². The van der Waals surface area contributed by atoms with Crippen molar-refractivity contribution in [2.75, 3.05) is 12.5 Å². The first kappa shape index (κ1) is 15.5. The Hall–Kier alpha value is -0.530. The number of rotatable bonds is 6. The highest BCUT2D eigenvalue weighted by molar-refractivity contribution is 6.18. The van der Waals surface area contributed by atoms with Crippen LogP contribution in [0.15, 0.2) is 24.3 Å². The van der Waals surface area contributed by atoms with Crippen molar-refractivity contribution in [3.05, 3.63) is 35.4 Å². The first-order valence-electron chi connectivity index (χ1n) is 6.67. The molecule has 0 radical (unpaired) electrons. The molecule has 0 aliphatic carbocycles. The Kier molecular flexibility index (Phi) is 6.17. The van der Waals surface area contributed by atoms with Crippen molar-refractivity contribution in [2.45, 2.75) is 46.1 Å². The number of hydrogen-bond acceptors (Lipinski definition) is 1. The highest BCUT2D eigenvalue weighted by atomic mass is 35.5. The maximum atomic E-state index is 6.06. The van der Waals surface area contributed by atoms with Gasteiger partial charge in [0.15, 0.2) is 0 Å². The third kappa shape index (κ3) is 5.88. The normalized spacial score (nSPS) is 13.6. The largest absolute Gasteiger partial charge is 0.376 e. The molecule has 1 aromatic carbocycles. The van der Waals surface area contributed by atoms with E-state index in [4.69, 9.17) is 16.3 Å². The van der Waals surface area contributed by atoms with E-state index in [1.165, 1.54) is 11.1 Å². The summed E-state index contributed by atoms with van der Waals surface area (Å²) >= 11 is 6.06. The molecule has 0 heterocycles. The number of alkyl halides is 1. The van der Waals surface area contributed by atoms with E-state index >= 15 is 0 Å². The molecule has 0 N–H and O–H groups in total. The van der Waals surface area contributed by atoms with Crippen molar-refractivity contribution >= 4 is 11.6 Å². The average molecular weight is 269 g/mol. The van der Waals surface area contributed by atoms with Crippen molar-refractivity contribution in [1.82, 2.24) is 0 Å². The highest BCUT2D eigenvalue weighted by Crippen LogP contribution is 2.18. The van der Waals surface area contributed by atoms with Gasteiger partial charge in [-0.2, -0.15) is 0 Å². The molecule has 0 aliphatic rings. The van der Waals surface area contributed by atoms with E-state index in [1.807, 2.05) is 0 Å². The molecule has 0 fully saturated rings. The lowest BCUT2D eigenvalue weighted by atomic mass is 9.95. The van der Waals surface area contributed by atoms with Gasteiger partial charge in [0.1, 0.15) is 0 Å². The van der Waals surface area contributed by atoms with E-state index < -0.39 is 0 Å². The minimum atomic E-state index is -0.0560. The van der Waals surface area contributed by atoms with Gasteiger partial charge >= 0.3 is 0 Å². The van der Waals surface area contributed by atoms with Crippen LogP contribution in [0.25, 0.3) is 0 Å². The minimum Gasteiger partial charge on any atom is -0.376 e. The SMILES string of the molecule is Cc1ccccc1CC(CCl)CCOC(C)(C)C. The minimum absolute atomic E-state index is 0.0560. The topological polar surface area (TPSA) is 9.23 Å². The van der Waals surface area contributed by atoms with Crippen molar-refractivity contribution in [1.29, 1.82) is 0 Å². The zero-order chi connectivity index (χ0) is 13.6. The second kappa shape index (κ2) is 7.16. The van der Waals surface area contributed by atoms with Crippen molar-refractivity contribution < 1.29 is 4.74 Å². The molecule has 1 atom stereocenters. The highest BCUT2D eigenvalue weighted by Gasteiger charge is 2.14. The van der Waals surface area contributed by atoms with Crippen molar-refractivity contribution in [2.24, 2.45) is 5.92 Å². The van der Waals surface area contributed by atoms with E-state index in [0.717, 1.165) is 19.4 Å². The maximum Gasteiger partial charge on any atom is 0.0598 e. The van der Waals surface area contributed by atoms with Crippen LogP contribution < -0.4 is 0 Å². The summed E-state index contributed by atoms with van der Waals surface area (Å²) in [5.41, 5.74) is 2.70. The van der Waals surface area contributed by atoms with Gasteiger partial charge in [-0.15, -0.1) is 11.6 Å². The Morgan fingerprint density at radius 2 is 1.89 bits per heavy atom. The van der Waals surface area contributed by atoms with Crippen LogP contribution in [-0.2, 0) is 11.2 Å². The van der Waals surface area contributed by atoms with Gasteiger partial charge in [0.2, 0.25) is 0 Å². The Morgan fingerprint density at radius 3 is 2.44 bits per heavy atom. The molecule has 0 amide bonds. The van der Waals surface area contributed by atoms with Gasteiger partial charge in [0.05, 0.1) is 5.60 Å². The monoisotopic (exact) mass is 268 g/mol. The lowest BCUT2D eigenvalue weighted by molar-refractivity contribution is -0.00832. The zero-order valence-corrected chi connectivity index (χ0v) is 12.8. The molecule has 18 heavy (non-hydrogen) atoms. The van der Waals surface area contributed by atoms with Crippen LogP contribution in [0.4, 0.5) is 0 Å². The van der Waals surface area contributed by atoms with Gasteiger partial charge in [0.25, 0.3) is 0 Å². The molecular weight excluding hydrogens is 244 g/mol. The summed E-state index contributed by atoms with van der Waals surface area (Å²) in [5.74, 6) is 1.19. The fourth-order valence-electron chi connectivity index (χ4n) is 1.92. The smallest absolute Gasteiger partial charge is 0.0598 e. The van der Waals surface area contributed by atoms with Crippen LogP contribution in [-0.4, -0.2) is 18.1 Å². The van der Waals surface area contributed by atoms with Crippen LogP contribution in [0.5, 0.6) is 0 Å². The summed E-state index contributed by atoms with van der Waals surface area (Å²) in [4.78, 5) is 0. The second-order valence-corrected chi connectivity index (χ2v) is 6.21. The van der Waals surface area contributed by atoms with Gasteiger partial charge in [-0.05, 0) is 57.6 Å². The van der Waals surface area contributed by atoms with Gasteiger partial charge in [-0.25, -0.2) is 0 Å². The predicted molar refractivity (Wildman–Crippen MR) is 79.4 cm³/mol. The number of hydrogen-bond donors (Lipinski definition) is 0.